The van der Waals surface area contributed by atoms with E-state index in [1.54, 1.807) is 30.1 Å². The smallest absolute Gasteiger partial charge is 0.421 e. The third kappa shape index (κ3) is 8.30. The van der Waals surface area contributed by atoms with E-state index in [4.69, 9.17) is 4.74 Å². The number of nitrogens with zero attached hydrogens (tertiary/aromatic N) is 4. The maximum atomic E-state index is 13.9. The van der Waals surface area contributed by atoms with Crippen LogP contribution in [-0.2, 0) is 11.0 Å². The van der Waals surface area contributed by atoms with Crippen LogP contribution in [0.5, 0.6) is 5.75 Å². The zero-order valence-electron chi connectivity index (χ0n) is 26.3. The topological polar surface area (TPSA) is 112 Å². The lowest BCUT2D eigenvalue weighted by atomic mass is 10.0. The van der Waals surface area contributed by atoms with Crippen molar-refractivity contribution in [2.24, 2.45) is 5.92 Å². The summed E-state index contributed by atoms with van der Waals surface area (Å²) in [4.78, 5) is 38.4. The van der Waals surface area contributed by atoms with E-state index in [-0.39, 0.29) is 36.0 Å². The first-order chi connectivity index (χ1) is 20.7. The second-order valence-electron chi connectivity index (χ2n) is 12.4. The van der Waals surface area contributed by atoms with Crippen LogP contribution in [0.3, 0.4) is 0 Å². The van der Waals surface area contributed by atoms with Gasteiger partial charge in [0.2, 0.25) is 11.9 Å². The predicted molar refractivity (Wildman–Crippen MR) is 163 cm³/mol. The van der Waals surface area contributed by atoms with Crippen molar-refractivity contribution in [3.63, 3.8) is 0 Å². The van der Waals surface area contributed by atoms with E-state index in [0.29, 0.717) is 36.3 Å². The highest BCUT2D eigenvalue weighted by Crippen LogP contribution is 2.37. The molecule has 1 aliphatic carbocycles. The molecule has 4 rings (SSSR count). The lowest BCUT2D eigenvalue weighted by Crippen LogP contribution is -2.44. The average Bonchev–Trinajstić information content (AvgIpc) is 3.40. The Morgan fingerprint density at radius 1 is 1.09 bits per heavy atom. The van der Waals surface area contributed by atoms with E-state index >= 15 is 0 Å². The van der Waals surface area contributed by atoms with Crippen molar-refractivity contribution in [3.8, 4) is 5.75 Å². The number of hydrogen-bond acceptors (Lipinski definition) is 8. The third-order valence-electron chi connectivity index (χ3n) is 8.09. The van der Waals surface area contributed by atoms with E-state index in [2.05, 4.69) is 37.9 Å². The average molecular weight is 620 g/mol. The minimum absolute atomic E-state index is 0.0697. The van der Waals surface area contributed by atoms with Gasteiger partial charge in [-0.1, -0.05) is 6.42 Å². The largest absolute Gasteiger partial charge is 0.490 e. The SMILES string of the molecule is CC(C)NC(=O)C1CCCC1Nc1nc(Nc2ccc(C(=O)N(C)C3CCN(C)CC3)c(OC(C)C)c2)ncc1C(F)(F)F. The van der Waals surface area contributed by atoms with Gasteiger partial charge in [-0.3, -0.25) is 9.59 Å². The molecule has 10 nitrogen and oxygen atoms in total. The Hall–Kier alpha value is -3.61. The number of rotatable bonds is 10. The summed E-state index contributed by atoms with van der Waals surface area (Å²) in [7, 11) is 3.87. The van der Waals surface area contributed by atoms with Gasteiger partial charge in [0, 0.05) is 43.1 Å². The lowest BCUT2D eigenvalue weighted by Gasteiger charge is -2.35. The first-order valence-electron chi connectivity index (χ1n) is 15.3. The third-order valence-corrected chi connectivity index (χ3v) is 8.09. The zero-order valence-corrected chi connectivity index (χ0v) is 26.3. The number of likely N-dealkylation sites (tertiary alicyclic amines) is 1. The normalized spacial score (nSPS) is 19.7. The van der Waals surface area contributed by atoms with Gasteiger partial charge >= 0.3 is 6.18 Å². The lowest BCUT2D eigenvalue weighted by molar-refractivity contribution is -0.137. The molecular weight excluding hydrogens is 575 g/mol. The van der Waals surface area contributed by atoms with Crippen LogP contribution < -0.4 is 20.7 Å². The summed E-state index contributed by atoms with van der Waals surface area (Å²) < 4.78 is 47.8. The summed E-state index contributed by atoms with van der Waals surface area (Å²) in [5, 5.41) is 8.73. The minimum Gasteiger partial charge on any atom is -0.490 e. The Bertz CT molecular complexity index is 1310. The number of carbonyl (C=O) groups excluding carboxylic acids is 2. The monoisotopic (exact) mass is 619 g/mol. The van der Waals surface area contributed by atoms with Crippen molar-refractivity contribution >= 4 is 29.3 Å². The van der Waals surface area contributed by atoms with Crippen LogP contribution in [0, 0.1) is 5.92 Å². The number of alkyl halides is 3. The Morgan fingerprint density at radius 2 is 1.80 bits per heavy atom. The maximum Gasteiger partial charge on any atom is 0.421 e. The molecule has 0 bridgehead atoms. The number of aromatic nitrogens is 2. The minimum atomic E-state index is -4.70. The van der Waals surface area contributed by atoms with E-state index in [1.807, 2.05) is 27.7 Å². The van der Waals surface area contributed by atoms with Gasteiger partial charge in [0.25, 0.3) is 5.91 Å². The number of halogens is 3. The summed E-state index contributed by atoms with van der Waals surface area (Å²) in [5.74, 6) is -0.936. The molecule has 1 aliphatic heterocycles. The highest BCUT2D eigenvalue weighted by molar-refractivity contribution is 5.97. The summed E-state index contributed by atoms with van der Waals surface area (Å²) in [6, 6.07) is 4.47. The van der Waals surface area contributed by atoms with Crippen molar-refractivity contribution in [1.29, 1.82) is 0 Å². The van der Waals surface area contributed by atoms with Crippen LogP contribution in [0.15, 0.2) is 24.4 Å². The van der Waals surface area contributed by atoms with Crippen LogP contribution in [0.4, 0.5) is 30.6 Å². The van der Waals surface area contributed by atoms with E-state index in [9.17, 15) is 22.8 Å². The van der Waals surface area contributed by atoms with Gasteiger partial charge in [0.1, 0.15) is 17.1 Å². The summed E-state index contributed by atoms with van der Waals surface area (Å²) in [6.07, 6.45) is -0.611. The van der Waals surface area contributed by atoms with Gasteiger partial charge in [-0.15, -0.1) is 0 Å². The molecule has 2 heterocycles. The van der Waals surface area contributed by atoms with Gasteiger partial charge < -0.3 is 30.5 Å². The molecule has 2 atom stereocenters. The molecule has 1 aromatic heterocycles. The Balaban J connectivity index is 1.58. The molecule has 1 aromatic carbocycles. The number of benzene rings is 1. The standard InChI is InChI=1S/C31H44F3N7O3/c1-18(2)36-28(42)22-8-7-9-25(22)38-27-24(31(32,33)34)17-35-30(39-27)37-20-10-11-23(26(16-20)44-19(3)4)29(43)41(6)21-12-14-40(5)15-13-21/h10-11,16-19,21-22,25H,7-9,12-15H2,1-6H3,(H,36,42)(H2,35,37,38,39). The number of carbonyl (C=O) groups is 2. The van der Waals surface area contributed by atoms with Crippen molar-refractivity contribution < 1.29 is 27.5 Å². The summed E-state index contributed by atoms with van der Waals surface area (Å²) in [5.41, 5.74) is -0.173. The van der Waals surface area contributed by atoms with Gasteiger partial charge in [-0.05, 0) is 85.6 Å². The fourth-order valence-corrected chi connectivity index (χ4v) is 5.77. The zero-order chi connectivity index (χ0) is 32.2. The fraction of sp³-hybridized carbons (Fsp3) is 0.613. The maximum absolute atomic E-state index is 13.9. The number of ether oxygens (including phenoxy) is 1. The molecule has 3 N–H and O–H groups in total. The van der Waals surface area contributed by atoms with Gasteiger partial charge in [-0.25, -0.2) is 4.98 Å². The Morgan fingerprint density at radius 3 is 2.43 bits per heavy atom. The Labute approximate surface area is 257 Å². The molecule has 2 aliphatic rings. The van der Waals surface area contributed by atoms with Gasteiger partial charge in [0.15, 0.2) is 0 Å². The highest BCUT2D eigenvalue weighted by atomic mass is 19.4. The second kappa shape index (κ2) is 14.0. The molecule has 2 unspecified atom stereocenters. The van der Waals surface area contributed by atoms with Crippen LogP contribution in [0.25, 0.3) is 0 Å². The van der Waals surface area contributed by atoms with Crippen LogP contribution >= 0.6 is 0 Å². The van der Waals surface area contributed by atoms with E-state index in [1.165, 1.54) is 0 Å². The molecule has 2 amide bonds. The van der Waals surface area contributed by atoms with Crippen molar-refractivity contribution in [3.05, 3.63) is 35.5 Å². The number of nitrogens with one attached hydrogen (secondary N) is 3. The van der Waals surface area contributed by atoms with E-state index < -0.39 is 29.5 Å². The number of piperidine rings is 1. The number of hydrogen-bond donors (Lipinski definition) is 3. The van der Waals surface area contributed by atoms with E-state index in [0.717, 1.165) is 32.1 Å². The quantitative estimate of drug-likeness (QED) is 0.329. The molecule has 0 radical (unpaired) electrons. The van der Waals surface area contributed by atoms with Crippen molar-refractivity contribution in [2.45, 2.75) is 90.2 Å². The molecule has 0 spiro atoms. The van der Waals surface area contributed by atoms with Crippen LogP contribution in [-0.4, -0.2) is 83.0 Å². The van der Waals surface area contributed by atoms with Gasteiger partial charge in [-0.2, -0.15) is 18.2 Å². The van der Waals surface area contributed by atoms with Crippen molar-refractivity contribution in [1.82, 2.24) is 25.1 Å². The molecule has 44 heavy (non-hydrogen) atoms. The summed E-state index contributed by atoms with van der Waals surface area (Å²) >= 11 is 0. The summed E-state index contributed by atoms with van der Waals surface area (Å²) in [6.45, 7) is 9.21. The van der Waals surface area contributed by atoms with Crippen molar-refractivity contribution in [2.75, 3.05) is 37.8 Å². The molecule has 1 saturated heterocycles. The molecular formula is C31H44F3N7O3. The molecule has 2 aromatic rings. The highest BCUT2D eigenvalue weighted by Gasteiger charge is 2.39. The number of amides is 2. The second-order valence-corrected chi connectivity index (χ2v) is 12.4. The van der Waals surface area contributed by atoms with Gasteiger partial charge in [0.05, 0.1) is 17.6 Å². The van der Waals surface area contributed by atoms with Crippen LogP contribution in [0.1, 0.15) is 75.7 Å². The predicted octanol–water partition coefficient (Wildman–Crippen LogP) is 5.30. The fourth-order valence-electron chi connectivity index (χ4n) is 5.77. The molecule has 1 saturated carbocycles. The number of anilines is 3. The first kappa shape index (κ1) is 33.3. The molecule has 2 fully saturated rings. The molecule has 242 valence electrons. The molecule has 13 heteroatoms. The Kier molecular flexibility index (Phi) is 10.6. The van der Waals surface area contributed by atoms with Crippen LogP contribution in [0.2, 0.25) is 0 Å². The first-order valence-corrected chi connectivity index (χ1v) is 15.3.